The summed E-state index contributed by atoms with van der Waals surface area (Å²) in [6, 6.07) is 2.09. The number of rotatable bonds is 7. The van der Waals surface area contributed by atoms with Gasteiger partial charge in [0.1, 0.15) is 11.6 Å². The van der Waals surface area contributed by atoms with Crippen LogP contribution in [0, 0.1) is 5.92 Å². The van der Waals surface area contributed by atoms with E-state index in [-0.39, 0.29) is 0 Å². The van der Waals surface area contributed by atoms with Crippen LogP contribution in [0.4, 0.5) is 5.82 Å². The van der Waals surface area contributed by atoms with Gasteiger partial charge in [0.2, 0.25) is 0 Å². The van der Waals surface area contributed by atoms with Gasteiger partial charge in [-0.3, -0.25) is 0 Å². The van der Waals surface area contributed by atoms with Crippen LogP contribution in [0.15, 0.2) is 6.07 Å². The summed E-state index contributed by atoms with van der Waals surface area (Å²) < 4.78 is 5.43. The minimum atomic E-state index is 0.593. The number of ether oxygens (including phenoxy) is 1. The van der Waals surface area contributed by atoms with Crippen LogP contribution in [0.25, 0.3) is 0 Å². The average molecular weight is 263 g/mol. The first-order valence-electron chi connectivity index (χ1n) is 7.50. The van der Waals surface area contributed by atoms with Crippen molar-refractivity contribution >= 4 is 5.82 Å². The molecule has 1 aromatic rings. The van der Waals surface area contributed by atoms with Crippen LogP contribution in [0.1, 0.15) is 44.6 Å². The molecule has 1 fully saturated rings. The number of nitrogens with one attached hydrogen (secondary N) is 1. The van der Waals surface area contributed by atoms with Crippen molar-refractivity contribution in [1.29, 1.82) is 0 Å². The van der Waals surface area contributed by atoms with Crippen molar-refractivity contribution in [3.8, 4) is 0 Å². The summed E-state index contributed by atoms with van der Waals surface area (Å²) in [6.45, 7) is 7.07. The monoisotopic (exact) mass is 263 g/mol. The van der Waals surface area contributed by atoms with Gasteiger partial charge in [-0.05, 0) is 25.2 Å². The smallest absolute Gasteiger partial charge is 0.131 e. The maximum Gasteiger partial charge on any atom is 0.131 e. The molecule has 4 nitrogen and oxygen atoms in total. The maximum atomic E-state index is 5.43. The quantitative estimate of drug-likeness (QED) is 0.821. The molecule has 0 aromatic carbocycles. The van der Waals surface area contributed by atoms with E-state index in [0.29, 0.717) is 5.92 Å². The Bertz CT molecular complexity index is 389. The predicted molar refractivity (Wildman–Crippen MR) is 77.4 cm³/mol. The van der Waals surface area contributed by atoms with E-state index in [9.17, 15) is 0 Å². The summed E-state index contributed by atoms with van der Waals surface area (Å²) >= 11 is 0. The molecule has 0 amide bonds. The Morgan fingerprint density at radius 3 is 2.89 bits per heavy atom. The molecule has 0 aliphatic carbocycles. The van der Waals surface area contributed by atoms with Crippen LogP contribution in [0.5, 0.6) is 0 Å². The average Bonchev–Trinajstić information content (AvgIpc) is 2.89. The lowest BCUT2D eigenvalue weighted by Crippen LogP contribution is -2.11. The highest BCUT2D eigenvalue weighted by molar-refractivity contribution is 5.36. The van der Waals surface area contributed by atoms with E-state index < -0.39 is 0 Å². The van der Waals surface area contributed by atoms with Gasteiger partial charge in [0.15, 0.2) is 0 Å². The molecule has 19 heavy (non-hydrogen) atoms. The Balaban J connectivity index is 2.07. The van der Waals surface area contributed by atoms with Crippen LogP contribution < -0.4 is 5.32 Å². The van der Waals surface area contributed by atoms with Crippen molar-refractivity contribution in [2.45, 2.75) is 46.0 Å². The Labute approximate surface area is 116 Å². The SMILES string of the molecule is CCCNc1cc(CCC)nc(CC2CCOC2)n1. The molecular weight excluding hydrogens is 238 g/mol. The summed E-state index contributed by atoms with van der Waals surface area (Å²) in [5, 5.41) is 3.38. The number of hydrogen-bond donors (Lipinski definition) is 1. The van der Waals surface area contributed by atoms with Gasteiger partial charge in [-0.25, -0.2) is 9.97 Å². The molecule has 1 aliphatic rings. The summed E-state index contributed by atoms with van der Waals surface area (Å²) in [6.07, 6.45) is 5.34. The zero-order valence-electron chi connectivity index (χ0n) is 12.1. The fourth-order valence-corrected chi connectivity index (χ4v) is 2.37. The fourth-order valence-electron chi connectivity index (χ4n) is 2.37. The molecule has 0 spiro atoms. The van der Waals surface area contributed by atoms with Gasteiger partial charge in [-0.2, -0.15) is 0 Å². The Morgan fingerprint density at radius 2 is 2.21 bits per heavy atom. The van der Waals surface area contributed by atoms with E-state index in [1.54, 1.807) is 0 Å². The van der Waals surface area contributed by atoms with Crippen LogP contribution in [0.2, 0.25) is 0 Å². The number of aryl methyl sites for hydroxylation is 1. The van der Waals surface area contributed by atoms with E-state index in [2.05, 4.69) is 35.2 Å². The highest BCUT2D eigenvalue weighted by Gasteiger charge is 2.18. The van der Waals surface area contributed by atoms with Gasteiger partial charge in [-0.1, -0.05) is 20.3 Å². The molecule has 0 saturated carbocycles. The molecule has 1 aliphatic heterocycles. The molecule has 1 saturated heterocycles. The van der Waals surface area contributed by atoms with Crippen molar-refractivity contribution in [3.05, 3.63) is 17.6 Å². The maximum absolute atomic E-state index is 5.43. The molecule has 1 unspecified atom stereocenters. The first kappa shape index (κ1) is 14.3. The largest absolute Gasteiger partial charge is 0.381 e. The zero-order valence-corrected chi connectivity index (χ0v) is 12.1. The summed E-state index contributed by atoms with van der Waals surface area (Å²) in [4.78, 5) is 9.33. The van der Waals surface area contributed by atoms with Crippen molar-refractivity contribution in [2.24, 2.45) is 5.92 Å². The highest BCUT2D eigenvalue weighted by atomic mass is 16.5. The first-order chi connectivity index (χ1) is 9.31. The van der Waals surface area contributed by atoms with Gasteiger partial charge >= 0.3 is 0 Å². The zero-order chi connectivity index (χ0) is 13.5. The molecule has 4 heteroatoms. The predicted octanol–water partition coefficient (Wildman–Crippen LogP) is 2.83. The molecular formula is C15H25N3O. The molecule has 1 N–H and O–H groups in total. The van der Waals surface area contributed by atoms with Gasteiger partial charge in [0.05, 0.1) is 0 Å². The summed E-state index contributed by atoms with van der Waals surface area (Å²) in [7, 11) is 0. The van der Waals surface area contributed by atoms with E-state index in [1.165, 1.54) is 0 Å². The second-order valence-corrected chi connectivity index (χ2v) is 5.27. The molecule has 0 radical (unpaired) electrons. The normalized spacial score (nSPS) is 18.7. The minimum absolute atomic E-state index is 0.593. The number of hydrogen-bond acceptors (Lipinski definition) is 4. The fraction of sp³-hybridized carbons (Fsp3) is 0.733. The minimum Gasteiger partial charge on any atom is -0.381 e. The Hall–Kier alpha value is -1.16. The van der Waals surface area contributed by atoms with E-state index >= 15 is 0 Å². The van der Waals surface area contributed by atoms with Crippen LogP contribution in [-0.2, 0) is 17.6 Å². The van der Waals surface area contributed by atoms with Gasteiger partial charge in [0.25, 0.3) is 0 Å². The van der Waals surface area contributed by atoms with Crippen molar-refractivity contribution in [2.75, 3.05) is 25.1 Å². The Kier molecular flexibility index (Phi) is 5.58. The molecule has 1 atom stereocenters. The van der Waals surface area contributed by atoms with Gasteiger partial charge < -0.3 is 10.1 Å². The van der Waals surface area contributed by atoms with Gasteiger partial charge in [-0.15, -0.1) is 0 Å². The number of anilines is 1. The van der Waals surface area contributed by atoms with Crippen molar-refractivity contribution < 1.29 is 4.74 Å². The third-order valence-corrected chi connectivity index (χ3v) is 3.38. The first-order valence-corrected chi connectivity index (χ1v) is 7.50. The molecule has 1 aromatic heterocycles. The number of aromatic nitrogens is 2. The second kappa shape index (κ2) is 7.43. The number of nitrogens with zero attached hydrogens (tertiary/aromatic N) is 2. The van der Waals surface area contributed by atoms with Gasteiger partial charge in [0, 0.05) is 37.9 Å². The van der Waals surface area contributed by atoms with Crippen molar-refractivity contribution in [3.63, 3.8) is 0 Å². The molecule has 2 heterocycles. The van der Waals surface area contributed by atoms with Crippen LogP contribution in [-0.4, -0.2) is 29.7 Å². The van der Waals surface area contributed by atoms with E-state index in [4.69, 9.17) is 4.74 Å². The molecule has 2 rings (SSSR count). The lowest BCUT2D eigenvalue weighted by molar-refractivity contribution is 0.185. The highest BCUT2D eigenvalue weighted by Crippen LogP contribution is 2.18. The lowest BCUT2D eigenvalue weighted by Gasteiger charge is -2.11. The topological polar surface area (TPSA) is 47.0 Å². The van der Waals surface area contributed by atoms with E-state index in [1.807, 2.05) is 0 Å². The Morgan fingerprint density at radius 1 is 1.32 bits per heavy atom. The third-order valence-electron chi connectivity index (χ3n) is 3.38. The summed E-state index contributed by atoms with van der Waals surface area (Å²) in [5.74, 6) is 2.55. The molecule has 106 valence electrons. The standard InChI is InChI=1S/C15H25N3O/c1-3-5-13-10-14(16-7-4-2)18-15(17-13)9-12-6-8-19-11-12/h10,12H,3-9,11H2,1-2H3,(H,16,17,18). The summed E-state index contributed by atoms with van der Waals surface area (Å²) in [5.41, 5.74) is 1.16. The van der Waals surface area contributed by atoms with Crippen LogP contribution >= 0.6 is 0 Å². The van der Waals surface area contributed by atoms with E-state index in [0.717, 1.165) is 69.2 Å². The van der Waals surface area contributed by atoms with Crippen LogP contribution in [0.3, 0.4) is 0 Å². The third kappa shape index (κ3) is 4.46. The van der Waals surface area contributed by atoms with Crippen molar-refractivity contribution in [1.82, 2.24) is 9.97 Å². The molecule has 0 bridgehead atoms. The lowest BCUT2D eigenvalue weighted by atomic mass is 10.0. The second-order valence-electron chi connectivity index (χ2n) is 5.27.